The third-order valence-corrected chi connectivity index (χ3v) is 4.05. The maximum atomic E-state index is 5.84. The average Bonchev–Trinajstić information content (AvgIpc) is 2.88. The highest BCUT2D eigenvalue weighted by molar-refractivity contribution is 6.29. The van der Waals surface area contributed by atoms with Gasteiger partial charge in [0, 0.05) is 12.5 Å². The lowest BCUT2D eigenvalue weighted by Crippen LogP contribution is -1.96. The summed E-state index contributed by atoms with van der Waals surface area (Å²) in [6.45, 7) is 2.26. The van der Waals surface area contributed by atoms with Crippen LogP contribution in [0.15, 0.2) is 12.4 Å². The molecular formula is C16H25ClN4. The SMILES string of the molecule is CCCCCCCCCCCc1nnc2cc(Cl)ncn12. The molecule has 5 heteroatoms. The van der Waals surface area contributed by atoms with E-state index in [9.17, 15) is 0 Å². The summed E-state index contributed by atoms with van der Waals surface area (Å²) in [5.41, 5.74) is 0.779. The first-order chi connectivity index (χ1) is 10.3. The predicted octanol–water partition coefficient (Wildman–Crippen LogP) is 4.85. The molecule has 21 heavy (non-hydrogen) atoms. The fourth-order valence-electron chi connectivity index (χ4n) is 2.58. The maximum Gasteiger partial charge on any atom is 0.165 e. The first-order valence-electron chi connectivity index (χ1n) is 8.16. The molecule has 0 aliphatic carbocycles. The highest BCUT2D eigenvalue weighted by Gasteiger charge is 2.05. The van der Waals surface area contributed by atoms with Gasteiger partial charge < -0.3 is 0 Å². The molecular weight excluding hydrogens is 284 g/mol. The van der Waals surface area contributed by atoms with Crippen molar-refractivity contribution in [2.24, 2.45) is 0 Å². The van der Waals surface area contributed by atoms with Gasteiger partial charge in [0.1, 0.15) is 17.3 Å². The van der Waals surface area contributed by atoms with Crippen LogP contribution in [0.5, 0.6) is 0 Å². The van der Waals surface area contributed by atoms with E-state index in [1.807, 2.05) is 4.40 Å². The molecule has 4 nitrogen and oxygen atoms in total. The minimum Gasteiger partial charge on any atom is -0.269 e. The average molecular weight is 309 g/mol. The number of rotatable bonds is 10. The van der Waals surface area contributed by atoms with E-state index in [1.165, 1.54) is 57.8 Å². The van der Waals surface area contributed by atoms with Gasteiger partial charge >= 0.3 is 0 Å². The molecule has 0 unspecified atom stereocenters. The Morgan fingerprint density at radius 2 is 1.62 bits per heavy atom. The lowest BCUT2D eigenvalue weighted by molar-refractivity contribution is 0.561. The van der Waals surface area contributed by atoms with Gasteiger partial charge in [0.2, 0.25) is 0 Å². The third kappa shape index (κ3) is 5.27. The van der Waals surface area contributed by atoms with E-state index in [-0.39, 0.29) is 0 Å². The van der Waals surface area contributed by atoms with Gasteiger partial charge in [0.25, 0.3) is 0 Å². The van der Waals surface area contributed by atoms with Crippen LogP contribution >= 0.6 is 11.6 Å². The van der Waals surface area contributed by atoms with Crippen LogP contribution in [0.3, 0.4) is 0 Å². The van der Waals surface area contributed by atoms with Crippen molar-refractivity contribution >= 4 is 17.2 Å². The number of aryl methyl sites for hydroxylation is 1. The van der Waals surface area contributed by atoms with Crippen molar-refractivity contribution in [3.63, 3.8) is 0 Å². The lowest BCUT2D eigenvalue weighted by Gasteiger charge is -2.02. The summed E-state index contributed by atoms with van der Waals surface area (Å²) >= 11 is 5.84. The molecule has 0 atom stereocenters. The summed E-state index contributed by atoms with van der Waals surface area (Å²) in [6, 6.07) is 1.74. The standard InChI is InChI=1S/C16H25ClN4/c1-2-3-4-5-6-7-8-9-10-11-15-19-20-16-12-14(17)18-13-21(15)16/h12-13H,2-11H2,1H3. The van der Waals surface area contributed by atoms with Crippen LogP contribution in [0, 0.1) is 0 Å². The van der Waals surface area contributed by atoms with E-state index in [0.29, 0.717) is 5.15 Å². The zero-order valence-electron chi connectivity index (χ0n) is 12.9. The second-order valence-corrected chi connectivity index (χ2v) is 6.02. The van der Waals surface area contributed by atoms with Crippen molar-refractivity contribution in [2.75, 3.05) is 0 Å². The Bertz CT molecular complexity index is 538. The quantitative estimate of drug-likeness (QED) is 0.465. The number of hydrogen-bond acceptors (Lipinski definition) is 3. The Morgan fingerprint density at radius 1 is 0.952 bits per heavy atom. The Morgan fingerprint density at radius 3 is 2.33 bits per heavy atom. The van der Waals surface area contributed by atoms with Crippen molar-refractivity contribution in [1.82, 2.24) is 19.6 Å². The Balaban J connectivity index is 1.62. The van der Waals surface area contributed by atoms with Crippen LogP contribution in [0.2, 0.25) is 5.15 Å². The van der Waals surface area contributed by atoms with Crippen LogP contribution in [-0.2, 0) is 6.42 Å². The first-order valence-corrected chi connectivity index (χ1v) is 8.54. The summed E-state index contributed by atoms with van der Waals surface area (Å²) in [5.74, 6) is 0.983. The molecule has 0 amide bonds. The van der Waals surface area contributed by atoms with E-state index >= 15 is 0 Å². The van der Waals surface area contributed by atoms with E-state index in [0.717, 1.165) is 17.9 Å². The molecule has 116 valence electrons. The summed E-state index contributed by atoms with van der Waals surface area (Å²) in [7, 11) is 0. The van der Waals surface area contributed by atoms with Gasteiger partial charge in [-0.3, -0.25) is 4.40 Å². The summed E-state index contributed by atoms with van der Waals surface area (Å²) in [6.07, 6.45) is 14.7. The molecule has 2 rings (SSSR count). The summed E-state index contributed by atoms with van der Waals surface area (Å²) < 4.78 is 1.93. The largest absolute Gasteiger partial charge is 0.269 e. The number of aromatic nitrogens is 4. The molecule has 0 aliphatic heterocycles. The molecule has 0 aromatic carbocycles. The zero-order chi connectivity index (χ0) is 14.9. The Labute approximate surface area is 131 Å². The third-order valence-electron chi connectivity index (χ3n) is 3.84. The van der Waals surface area contributed by atoms with Crippen molar-refractivity contribution in [3.05, 3.63) is 23.4 Å². The second kappa shape index (κ2) is 8.98. The van der Waals surface area contributed by atoms with Gasteiger partial charge in [-0.05, 0) is 6.42 Å². The molecule has 0 fully saturated rings. The number of halogens is 1. The monoisotopic (exact) mass is 308 g/mol. The highest BCUT2D eigenvalue weighted by Crippen LogP contribution is 2.13. The van der Waals surface area contributed by atoms with Crippen molar-refractivity contribution in [1.29, 1.82) is 0 Å². The second-order valence-electron chi connectivity index (χ2n) is 5.63. The summed E-state index contributed by atoms with van der Waals surface area (Å²) in [5, 5.41) is 8.81. The molecule has 0 radical (unpaired) electrons. The molecule has 2 aromatic rings. The smallest absolute Gasteiger partial charge is 0.165 e. The number of unbranched alkanes of at least 4 members (excludes halogenated alkanes) is 8. The van der Waals surface area contributed by atoms with Crippen LogP contribution in [-0.4, -0.2) is 19.6 Å². The molecule has 0 spiro atoms. The Kier molecular flexibility index (Phi) is 6.93. The van der Waals surface area contributed by atoms with Gasteiger partial charge in [-0.2, -0.15) is 0 Å². The number of nitrogens with zero attached hydrogens (tertiary/aromatic N) is 4. The zero-order valence-corrected chi connectivity index (χ0v) is 13.6. The van der Waals surface area contributed by atoms with E-state index in [1.54, 1.807) is 12.4 Å². The van der Waals surface area contributed by atoms with Gasteiger partial charge in [0.15, 0.2) is 5.65 Å². The van der Waals surface area contributed by atoms with Crippen LogP contribution in [0.1, 0.15) is 70.5 Å². The van der Waals surface area contributed by atoms with Crippen LogP contribution in [0.25, 0.3) is 5.65 Å². The fourth-order valence-corrected chi connectivity index (χ4v) is 2.72. The minimum atomic E-state index is 0.463. The normalized spacial score (nSPS) is 11.3. The number of hydrogen-bond donors (Lipinski definition) is 0. The van der Waals surface area contributed by atoms with E-state index in [4.69, 9.17) is 11.6 Å². The van der Waals surface area contributed by atoms with Crippen LogP contribution < -0.4 is 0 Å². The highest BCUT2D eigenvalue weighted by atomic mass is 35.5. The molecule has 2 heterocycles. The molecule has 0 saturated heterocycles. The van der Waals surface area contributed by atoms with Gasteiger partial charge in [0.05, 0.1) is 0 Å². The molecule has 0 saturated carbocycles. The van der Waals surface area contributed by atoms with Gasteiger partial charge in [-0.25, -0.2) is 4.98 Å². The minimum absolute atomic E-state index is 0.463. The first kappa shape index (κ1) is 16.2. The topological polar surface area (TPSA) is 43.1 Å². The van der Waals surface area contributed by atoms with E-state index < -0.39 is 0 Å². The fraction of sp³-hybridized carbons (Fsp3) is 0.688. The maximum absolute atomic E-state index is 5.84. The predicted molar refractivity (Wildman–Crippen MR) is 86.7 cm³/mol. The molecule has 0 N–H and O–H groups in total. The lowest BCUT2D eigenvalue weighted by atomic mass is 10.1. The van der Waals surface area contributed by atoms with Crippen LogP contribution in [0.4, 0.5) is 0 Å². The van der Waals surface area contributed by atoms with Crippen molar-refractivity contribution in [3.8, 4) is 0 Å². The van der Waals surface area contributed by atoms with Crippen molar-refractivity contribution < 1.29 is 0 Å². The molecule has 0 aliphatic rings. The van der Waals surface area contributed by atoms with Crippen molar-refractivity contribution in [2.45, 2.75) is 71.1 Å². The van der Waals surface area contributed by atoms with E-state index in [2.05, 4.69) is 22.1 Å². The van der Waals surface area contributed by atoms with Gasteiger partial charge in [-0.1, -0.05) is 69.9 Å². The summed E-state index contributed by atoms with van der Waals surface area (Å²) in [4.78, 5) is 4.08. The van der Waals surface area contributed by atoms with Gasteiger partial charge in [-0.15, -0.1) is 10.2 Å². The Hall–Kier alpha value is -1.16. The molecule has 2 aromatic heterocycles. The molecule has 0 bridgehead atoms. The number of fused-ring (bicyclic) bond motifs is 1.